The summed E-state index contributed by atoms with van der Waals surface area (Å²) in [6, 6.07) is 13.9. The van der Waals surface area contributed by atoms with Crippen LogP contribution in [-0.4, -0.2) is 24.9 Å². The molecule has 0 aliphatic rings. The number of nitrogens with one attached hydrogen (secondary N) is 1. The molecule has 1 N–H and O–H groups in total. The molecule has 1 heterocycles. The fourth-order valence-corrected chi connectivity index (χ4v) is 3.64. The third-order valence-electron chi connectivity index (χ3n) is 3.48. The number of ether oxygens (including phenoxy) is 2. The highest BCUT2D eigenvalue weighted by atomic mass is 79.9. The molecular weight excluding hydrogens is 414 g/mol. The van der Waals surface area contributed by atoms with Gasteiger partial charge in [-0.2, -0.15) is 5.10 Å². The number of hydrogen-bond donors (Lipinski definition) is 1. The first-order chi connectivity index (χ1) is 12.7. The molecule has 0 amide bonds. The minimum absolute atomic E-state index is 0.559. The van der Waals surface area contributed by atoms with Crippen LogP contribution in [0.3, 0.4) is 0 Å². The van der Waals surface area contributed by atoms with Crippen LogP contribution in [0.25, 0.3) is 11.3 Å². The molecule has 0 saturated heterocycles. The van der Waals surface area contributed by atoms with Crippen LogP contribution in [0.5, 0.6) is 11.5 Å². The first kappa shape index (κ1) is 18.4. The van der Waals surface area contributed by atoms with Crippen molar-refractivity contribution in [3.05, 3.63) is 57.9 Å². The lowest BCUT2D eigenvalue weighted by molar-refractivity contribution is 0.310. The predicted molar refractivity (Wildman–Crippen MR) is 111 cm³/mol. The van der Waals surface area contributed by atoms with Gasteiger partial charge in [-0.05, 0) is 40.5 Å². The molecular formula is C19H18BrN3O2S. The maximum absolute atomic E-state index is 5.62. The zero-order valence-electron chi connectivity index (χ0n) is 14.4. The lowest BCUT2D eigenvalue weighted by Gasteiger charge is -2.11. The summed E-state index contributed by atoms with van der Waals surface area (Å²) >= 11 is 5.01. The Morgan fingerprint density at radius 3 is 2.81 bits per heavy atom. The monoisotopic (exact) mass is 431 g/mol. The Labute approximate surface area is 164 Å². The average molecular weight is 432 g/mol. The number of rotatable bonds is 7. The molecule has 2 aromatic carbocycles. The summed E-state index contributed by atoms with van der Waals surface area (Å²) in [5.74, 6) is 1.34. The van der Waals surface area contributed by atoms with Crippen LogP contribution in [0, 0.1) is 0 Å². The van der Waals surface area contributed by atoms with Gasteiger partial charge in [0.2, 0.25) is 5.13 Å². The van der Waals surface area contributed by atoms with Gasteiger partial charge in [-0.3, -0.25) is 5.43 Å². The number of anilines is 1. The number of halogens is 1. The van der Waals surface area contributed by atoms with Crippen molar-refractivity contribution in [2.24, 2.45) is 5.10 Å². The molecule has 0 spiro atoms. The normalized spacial score (nSPS) is 10.9. The lowest BCUT2D eigenvalue weighted by atomic mass is 10.2. The van der Waals surface area contributed by atoms with Gasteiger partial charge in [0.1, 0.15) is 0 Å². The predicted octanol–water partition coefficient (Wildman–Crippen LogP) is 5.43. The van der Waals surface area contributed by atoms with Gasteiger partial charge in [-0.25, -0.2) is 4.98 Å². The Morgan fingerprint density at radius 1 is 1.27 bits per heavy atom. The van der Waals surface area contributed by atoms with Gasteiger partial charge in [0, 0.05) is 10.9 Å². The summed E-state index contributed by atoms with van der Waals surface area (Å²) in [6.07, 6.45) is 1.72. The number of thiazole rings is 1. The Kier molecular flexibility index (Phi) is 6.25. The van der Waals surface area contributed by atoms with Crippen molar-refractivity contribution in [3.8, 4) is 22.8 Å². The van der Waals surface area contributed by atoms with E-state index in [4.69, 9.17) is 9.47 Å². The highest BCUT2D eigenvalue weighted by Gasteiger charge is 2.10. The number of nitrogens with zero attached hydrogens (tertiary/aromatic N) is 2. The second kappa shape index (κ2) is 8.82. The lowest BCUT2D eigenvalue weighted by Crippen LogP contribution is -1.98. The topological polar surface area (TPSA) is 55.7 Å². The van der Waals surface area contributed by atoms with Gasteiger partial charge in [0.25, 0.3) is 0 Å². The molecule has 3 aromatic rings. The smallest absolute Gasteiger partial charge is 0.203 e. The van der Waals surface area contributed by atoms with E-state index in [1.165, 1.54) is 11.3 Å². The van der Waals surface area contributed by atoms with Crippen LogP contribution in [0.4, 0.5) is 5.13 Å². The maximum Gasteiger partial charge on any atom is 0.203 e. The van der Waals surface area contributed by atoms with Crippen LogP contribution in [0.15, 0.2) is 57.4 Å². The number of benzene rings is 2. The molecule has 1 aromatic heterocycles. The van der Waals surface area contributed by atoms with Crippen molar-refractivity contribution < 1.29 is 9.47 Å². The van der Waals surface area contributed by atoms with Crippen LogP contribution < -0.4 is 14.9 Å². The summed E-state index contributed by atoms with van der Waals surface area (Å²) < 4.78 is 11.8. The number of hydrogen-bond acceptors (Lipinski definition) is 6. The van der Waals surface area contributed by atoms with Gasteiger partial charge in [0.05, 0.1) is 30.1 Å². The molecule has 0 bridgehead atoms. The molecule has 0 unspecified atom stereocenters. The number of aromatic nitrogens is 1. The molecule has 0 aliphatic heterocycles. The molecule has 0 aliphatic carbocycles. The second-order valence-electron chi connectivity index (χ2n) is 5.24. The van der Waals surface area contributed by atoms with E-state index in [-0.39, 0.29) is 0 Å². The van der Waals surface area contributed by atoms with Gasteiger partial charge < -0.3 is 9.47 Å². The van der Waals surface area contributed by atoms with E-state index in [2.05, 4.69) is 31.4 Å². The van der Waals surface area contributed by atoms with E-state index in [1.54, 1.807) is 13.3 Å². The molecule has 26 heavy (non-hydrogen) atoms. The molecule has 3 rings (SSSR count). The van der Waals surface area contributed by atoms with E-state index >= 15 is 0 Å². The standard InChI is InChI=1S/C19H18BrN3O2S/c1-3-25-17-10-13(9-15(20)18(17)24-2)11-21-23-19-22-16(12-26-19)14-7-5-4-6-8-14/h4-12H,3H2,1-2H3,(H,22,23). The van der Waals surface area contributed by atoms with Crippen LogP contribution >= 0.6 is 27.3 Å². The quantitative estimate of drug-likeness (QED) is 0.400. The van der Waals surface area contributed by atoms with Gasteiger partial charge in [-0.1, -0.05) is 30.3 Å². The van der Waals surface area contributed by atoms with Crippen molar-refractivity contribution in [2.75, 3.05) is 19.1 Å². The van der Waals surface area contributed by atoms with Crippen LogP contribution in [0.2, 0.25) is 0 Å². The summed E-state index contributed by atoms with van der Waals surface area (Å²) in [7, 11) is 1.62. The van der Waals surface area contributed by atoms with E-state index in [0.29, 0.717) is 18.1 Å². The summed E-state index contributed by atoms with van der Waals surface area (Å²) in [4.78, 5) is 4.54. The third kappa shape index (κ3) is 4.42. The van der Waals surface area contributed by atoms with Crippen molar-refractivity contribution in [1.82, 2.24) is 4.98 Å². The average Bonchev–Trinajstić information content (AvgIpc) is 3.12. The zero-order chi connectivity index (χ0) is 18.4. The van der Waals surface area contributed by atoms with E-state index in [0.717, 1.165) is 26.4 Å². The SMILES string of the molecule is CCOc1cc(C=NNc2nc(-c3ccccc3)cs2)cc(Br)c1OC. The van der Waals surface area contributed by atoms with Crippen molar-refractivity contribution in [3.63, 3.8) is 0 Å². The number of hydrazone groups is 1. The van der Waals surface area contributed by atoms with Crippen LogP contribution in [-0.2, 0) is 0 Å². The van der Waals surface area contributed by atoms with Crippen molar-refractivity contribution >= 4 is 38.6 Å². The molecule has 5 nitrogen and oxygen atoms in total. The minimum Gasteiger partial charge on any atom is -0.492 e. The van der Waals surface area contributed by atoms with Gasteiger partial charge in [-0.15, -0.1) is 11.3 Å². The highest BCUT2D eigenvalue weighted by molar-refractivity contribution is 9.10. The summed E-state index contributed by atoms with van der Waals surface area (Å²) in [5, 5.41) is 7.01. The largest absolute Gasteiger partial charge is 0.492 e. The van der Waals surface area contributed by atoms with Crippen molar-refractivity contribution in [1.29, 1.82) is 0 Å². The molecule has 0 radical (unpaired) electrons. The maximum atomic E-state index is 5.62. The first-order valence-electron chi connectivity index (χ1n) is 8.01. The van der Waals surface area contributed by atoms with E-state index < -0.39 is 0 Å². The molecule has 134 valence electrons. The van der Waals surface area contributed by atoms with Gasteiger partial charge in [0.15, 0.2) is 11.5 Å². The Hall–Kier alpha value is -2.38. The molecule has 0 fully saturated rings. The Balaban J connectivity index is 1.72. The van der Waals surface area contributed by atoms with E-state index in [1.807, 2.05) is 54.8 Å². The fraction of sp³-hybridized carbons (Fsp3) is 0.158. The first-order valence-corrected chi connectivity index (χ1v) is 9.69. The molecule has 0 atom stereocenters. The summed E-state index contributed by atoms with van der Waals surface area (Å²) in [6.45, 7) is 2.49. The molecule has 0 saturated carbocycles. The second-order valence-corrected chi connectivity index (χ2v) is 6.95. The van der Waals surface area contributed by atoms with Crippen LogP contribution in [0.1, 0.15) is 12.5 Å². The highest BCUT2D eigenvalue weighted by Crippen LogP contribution is 2.36. The minimum atomic E-state index is 0.559. The van der Waals surface area contributed by atoms with Gasteiger partial charge >= 0.3 is 0 Å². The third-order valence-corrected chi connectivity index (χ3v) is 4.82. The summed E-state index contributed by atoms with van der Waals surface area (Å²) in [5.41, 5.74) is 5.87. The fourth-order valence-electron chi connectivity index (χ4n) is 2.35. The Bertz CT molecular complexity index is 897. The zero-order valence-corrected chi connectivity index (χ0v) is 16.8. The number of methoxy groups -OCH3 is 1. The van der Waals surface area contributed by atoms with Crippen molar-refractivity contribution in [2.45, 2.75) is 6.92 Å². The Morgan fingerprint density at radius 2 is 2.08 bits per heavy atom. The van der Waals surface area contributed by atoms with E-state index in [9.17, 15) is 0 Å². The molecule has 7 heteroatoms.